The van der Waals surface area contributed by atoms with E-state index in [0.717, 1.165) is 47.6 Å². The molecule has 4 heterocycles. The van der Waals surface area contributed by atoms with Crippen LogP contribution in [-0.2, 0) is 16.0 Å². The molecule has 148 valence electrons. The highest BCUT2D eigenvalue weighted by atomic mass is 32.1. The molecule has 3 aromatic heterocycles. The van der Waals surface area contributed by atoms with Gasteiger partial charge in [-0.2, -0.15) is 11.3 Å². The summed E-state index contributed by atoms with van der Waals surface area (Å²) in [5.41, 5.74) is 3.36. The van der Waals surface area contributed by atoms with Crippen molar-refractivity contribution in [3.8, 4) is 11.5 Å². The van der Waals surface area contributed by atoms with E-state index in [1.165, 1.54) is 0 Å². The molecule has 1 unspecified atom stereocenters. The maximum Gasteiger partial charge on any atom is 0.248 e. The Bertz CT molecular complexity index is 1130. The highest BCUT2D eigenvalue weighted by Crippen LogP contribution is 2.28. The van der Waals surface area contributed by atoms with Crippen molar-refractivity contribution in [1.82, 2.24) is 20.2 Å². The van der Waals surface area contributed by atoms with Crippen LogP contribution in [0, 0.1) is 0 Å². The first kappa shape index (κ1) is 18.0. The van der Waals surface area contributed by atoms with Crippen LogP contribution >= 0.6 is 11.3 Å². The van der Waals surface area contributed by atoms with Gasteiger partial charge in [0.25, 0.3) is 0 Å². The molecule has 4 aromatic rings. The number of rotatable bonds is 6. The Balaban J connectivity index is 1.20. The molecular weight excluding hydrogens is 390 g/mol. The number of nitrogens with one attached hydrogen (secondary N) is 2. The van der Waals surface area contributed by atoms with Gasteiger partial charge in [-0.15, -0.1) is 10.2 Å². The molecule has 1 saturated heterocycles. The summed E-state index contributed by atoms with van der Waals surface area (Å²) >= 11 is 1.57. The summed E-state index contributed by atoms with van der Waals surface area (Å²) in [6, 6.07) is 7.55. The molecule has 0 saturated carbocycles. The lowest BCUT2D eigenvalue weighted by atomic mass is 10.2. The number of thiophene rings is 1. The molecule has 0 bridgehead atoms. The van der Waals surface area contributed by atoms with Crippen LogP contribution in [-0.4, -0.2) is 32.7 Å². The zero-order valence-corrected chi connectivity index (χ0v) is 16.4. The van der Waals surface area contributed by atoms with Gasteiger partial charge in [-0.05, 0) is 42.5 Å². The van der Waals surface area contributed by atoms with E-state index in [9.17, 15) is 4.79 Å². The van der Waals surface area contributed by atoms with Crippen molar-refractivity contribution in [3.63, 3.8) is 0 Å². The predicted octanol–water partition coefficient (Wildman–Crippen LogP) is 4.10. The number of H-pyrrole nitrogens is 1. The first-order valence-electron chi connectivity index (χ1n) is 9.51. The summed E-state index contributed by atoms with van der Waals surface area (Å²) < 4.78 is 11.3. The van der Waals surface area contributed by atoms with Crippen LogP contribution in [0.25, 0.3) is 22.5 Å². The zero-order valence-electron chi connectivity index (χ0n) is 15.6. The van der Waals surface area contributed by atoms with Gasteiger partial charge in [0.15, 0.2) is 0 Å². The Morgan fingerprint density at radius 2 is 2.28 bits per heavy atom. The van der Waals surface area contributed by atoms with Gasteiger partial charge < -0.3 is 19.5 Å². The molecule has 0 radical (unpaired) electrons. The Morgan fingerprint density at radius 3 is 3.10 bits per heavy atom. The first-order chi connectivity index (χ1) is 14.2. The average Bonchev–Trinajstić information content (AvgIpc) is 3.52. The zero-order chi connectivity index (χ0) is 19.6. The van der Waals surface area contributed by atoms with Crippen molar-refractivity contribution in [2.45, 2.75) is 31.8 Å². The number of aromatic nitrogens is 4. The Hall–Kier alpha value is -3.04. The molecule has 1 aromatic carbocycles. The monoisotopic (exact) mass is 409 g/mol. The van der Waals surface area contributed by atoms with E-state index >= 15 is 0 Å². The lowest BCUT2D eigenvalue weighted by Crippen LogP contribution is -2.12. The molecule has 1 amide bonds. The van der Waals surface area contributed by atoms with E-state index in [1.807, 2.05) is 35.0 Å². The first-order valence-corrected chi connectivity index (χ1v) is 10.4. The normalized spacial score (nSPS) is 16.5. The van der Waals surface area contributed by atoms with Crippen molar-refractivity contribution in [3.05, 3.63) is 46.7 Å². The number of benzene rings is 1. The second-order valence-corrected chi connectivity index (χ2v) is 7.70. The van der Waals surface area contributed by atoms with E-state index in [4.69, 9.17) is 9.15 Å². The number of amides is 1. The fourth-order valence-corrected chi connectivity index (χ4v) is 3.98. The maximum absolute atomic E-state index is 12.3. The minimum Gasteiger partial charge on any atom is -0.421 e. The number of carbonyl (C=O) groups excluding carboxylic acids is 1. The van der Waals surface area contributed by atoms with Crippen LogP contribution in [0.2, 0.25) is 0 Å². The standard InChI is InChI=1S/C20H19N5O3S/c26-17(5-6-18-24-25-20(28-18)12-7-9-29-11-12)21-13-3-4-14-15(10-13)23-19(22-14)16-2-1-8-27-16/h3-4,7,9-11,16H,1-2,5-6,8H2,(H,21,26)(H,22,23). The van der Waals surface area contributed by atoms with Crippen LogP contribution in [0.1, 0.15) is 37.1 Å². The summed E-state index contributed by atoms with van der Waals surface area (Å²) in [6.45, 7) is 0.776. The number of aromatic amines is 1. The molecule has 5 rings (SSSR count). The predicted molar refractivity (Wildman–Crippen MR) is 109 cm³/mol. The van der Waals surface area contributed by atoms with E-state index in [-0.39, 0.29) is 18.4 Å². The SMILES string of the molecule is O=C(CCc1nnc(-c2ccsc2)o1)Nc1ccc2nc(C3CCCO3)[nH]c2c1. The van der Waals surface area contributed by atoms with Crippen molar-refractivity contribution in [1.29, 1.82) is 0 Å². The number of hydrogen-bond donors (Lipinski definition) is 2. The van der Waals surface area contributed by atoms with Gasteiger partial charge in [-0.3, -0.25) is 4.79 Å². The smallest absolute Gasteiger partial charge is 0.248 e. The fraction of sp³-hybridized carbons (Fsp3) is 0.300. The van der Waals surface area contributed by atoms with Gasteiger partial charge in [0.2, 0.25) is 17.7 Å². The molecule has 0 spiro atoms. The Labute approximate surface area is 170 Å². The van der Waals surface area contributed by atoms with E-state index in [0.29, 0.717) is 18.2 Å². The molecule has 1 aliphatic rings. The lowest BCUT2D eigenvalue weighted by molar-refractivity contribution is -0.116. The van der Waals surface area contributed by atoms with Gasteiger partial charge in [0, 0.05) is 36.1 Å². The number of hydrogen-bond acceptors (Lipinski definition) is 7. The minimum absolute atomic E-state index is 0.0359. The van der Waals surface area contributed by atoms with Crippen molar-refractivity contribution in [2.24, 2.45) is 0 Å². The number of carbonyl (C=O) groups is 1. The summed E-state index contributed by atoms with van der Waals surface area (Å²) in [5, 5.41) is 14.8. The fourth-order valence-electron chi connectivity index (χ4n) is 3.35. The molecule has 1 fully saturated rings. The van der Waals surface area contributed by atoms with Gasteiger partial charge in [-0.25, -0.2) is 4.98 Å². The third-order valence-electron chi connectivity index (χ3n) is 4.82. The second kappa shape index (κ2) is 7.76. The average molecular weight is 409 g/mol. The number of aryl methyl sites for hydroxylation is 1. The lowest BCUT2D eigenvalue weighted by Gasteiger charge is -2.04. The van der Waals surface area contributed by atoms with E-state index in [2.05, 4.69) is 25.5 Å². The van der Waals surface area contributed by atoms with E-state index in [1.54, 1.807) is 11.3 Å². The number of nitrogens with zero attached hydrogens (tertiary/aromatic N) is 3. The largest absolute Gasteiger partial charge is 0.421 e. The van der Waals surface area contributed by atoms with Crippen LogP contribution < -0.4 is 5.32 Å². The number of anilines is 1. The Kier molecular flexibility index (Phi) is 4.82. The van der Waals surface area contributed by atoms with Crippen molar-refractivity contribution >= 4 is 34.0 Å². The van der Waals surface area contributed by atoms with Crippen LogP contribution in [0.5, 0.6) is 0 Å². The minimum atomic E-state index is -0.113. The summed E-state index contributed by atoms with van der Waals surface area (Å²) in [7, 11) is 0. The van der Waals surface area contributed by atoms with Crippen LogP contribution in [0.15, 0.2) is 39.4 Å². The molecule has 1 atom stereocenters. The molecule has 9 heteroatoms. The molecule has 2 N–H and O–H groups in total. The number of fused-ring (bicyclic) bond motifs is 1. The number of ether oxygens (including phenoxy) is 1. The maximum atomic E-state index is 12.3. The van der Waals surface area contributed by atoms with Crippen molar-refractivity contribution < 1.29 is 13.9 Å². The van der Waals surface area contributed by atoms with E-state index < -0.39 is 0 Å². The van der Waals surface area contributed by atoms with Gasteiger partial charge >= 0.3 is 0 Å². The van der Waals surface area contributed by atoms with Gasteiger partial charge in [-0.1, -0.05) is 0 Å². The Morgan fingerprint density at radius 1 is 1.31 bits per heavy atom. The molecule has 0 aliphatic carbocycles. The third-order valence-corrected chi connectivity index (χ3v) is 5.50. The highest BCUT2D eigenvalue weighted by molar-refractivity contribution is 7.08. The van der Waals surface area contributed by atoms with Crippen LogP contribution in [0.4, 0.5) is 5.69 Å². The molecule has 1 aliphatic heterocycles. The van der Waals surface area contributed by atoms with Crippen LogP contribution in [0.3, 0.4) is 0 Å². The summed E-state index contributed by atoms with van der Waals surface area (Å²) in [4.78, 5) is 20.2. The molecular formula is C20H19N5O3S. The summed E-state index contributed by atoms with van der Waals surface area (Å²) in [6.07, 6.45) is 2.71. The number of imidazole rings is 1. The quantitative estimate of drug-likeness (QED) is 0.497. The van der Waals surface area contributed by atoms with Gasteiger partial charge in [0.1, 0.15) is 11.9 Å². The highest BCUT2D eigenvalue weighted by Gasteiger charge is 2.21. The molecule has 29 heavy (non-hydrogen) atoms. The molecule has 8 nitrogen and oxygen atoms in total. The van der Waals surface area contributed by atoms with Crippen molar-refractivity contribution in [2.75, 3.05) is 11.9 Å². The second-order valence-electron chi connectivity index (χ2n) is 6.92. The summed E-state index contributed by atoms with van der Waals surface area (Å²) in [5.74, 6) is 1.66. The third kappa shape index (κ3) is 3.92. The topological polar surface area (TPSA) is 106 Å². The van der Waals surface area contributed by atoms with Gasteiger partial charge in [0.05, 0.1) is 11.0 Å².